The number of anilines is 1. The maximum atomic E-state index is 12.6. The van der Waals surface area contributed by atoms with E-state index in [-0.39, 0.29) is 30.2 Å². The Morgan fingerprint density at radius 3 is 2.30 bits per heavy atom. The van der Waals surface area contributed by atoms with E-state index in [1.54, 1.807) is 13.8 Å². The summed E-state index contributed by atoms with van der Waals surface area (Å²) in [6.45, 7) is 3.52. The van der Waals surface area contributed by atoms with E-state index in [2.05, 4.69) is 10.3 Å². The van der Waals surface area contributed by atoms with Crippen molar-refractivity contribution in [1.82, 2.24) is 4.98 Å². The average molecular weight is 384 g/mol. The minimum absolute atomic E-state index is 0.0759. The number of rotatable bonds is 6. The van der Waals surface area contributed by atoms with Crippen molar-refractivity contribution in [3.8, 4) is 0 Å². The predicted molar refractivity (Wildman–Crippen MR) is 91.8 cm³/mol. The minimum Gasteiger partial charge on any atom is -0.460 e. The van der Waals surface area contributed by atoms with Gasteiger partial charge in [0.1, 0.15) is 12.3 Å². The van der Waals surface area contributed by atoms with E-state index in [4.69, 9.17) is 9.47 Å². The molecule has 0 saturated heterocycles. The van der Waals surface area contributed by atoms with Crippen LogP contribution in [0.25, 0.3) is 0 Å². The lowest BCUT2D eigenvalue weighted by Crippen LogP contribution is -2.15. The second kappa shape index (κ2) is 8.26. The van der Waals surface area contributed by atoms with Crippen molar-refractivity contribution in [2.45, 2.75) is 20.0 Å². The molecular formula is C18H19F3N2O4. The average Bonchev–Trinajstić information content (AvgIpc) is 2.89. The Bertz CT molecular complexity index is 826. The summed E-state index contributed by atoms with van der Waals surface area (Å²) in [6, 6.07) is 4.07. The molecule has 146 valence electrons. The third-order valence-electron chi connectivity index (χ3n) is 3.86. The van der Waals surface area contributed by atoms with Gasteiger partial charge in [0.05, 0.1) is 17.7 Å². The van der Waals surface area contributed by atoms with Gasteiger partial charge in [-0.3, -0.25) is 4.79 Å². The number of hydrogen-bond acceptors (Lipinski definition) is 4. The fourth-order valence-corrected chi connectivity index (χ4v) is 2.51. The zero-order valence-electron chi connectivity index (χ0n) is 15.0. The Morgan fingerprint density at radius 1 is 1.11 bits per heavy atom. The molecule has 2 N–H and O–H groups in total. The number of aromatic nitrogens is 1. The Kier molecular flexibility index (Phi) is 6.27. The molecule has 0 aliphatic carbocycles. The highest BCUT2D eigenvalue weighted by Crippen LogP contribution is 2.30. The molecule has 0 unspecified atom stereocenters. The van der Waals surface area contributed by atoms with Gasteiger partial charge in [0.2, 0.25) is 0 Å². The molecule has 9 heteroatoms. The number of alkyl halides is 3. The van der Waals surface area contributed by atoms with Gasteiger partial charge in [-0.15, -0.1) is 0 Å². The summed E-state index contributed by atoms with van der Waals surface area (Å²) >= 11 is 0. The first-order valence-electron chi connectivity index (χ1n) is 7.99. The van der Waals surface area contributed by atoms with Gasteiger partial charge in [-0.1, -0.05) is 0 Å². The number of benzene rings is 1. The van der Waals surface area contributed by atoms with Gasteiger partial charge in [-0.05, 0) is 43.7 Å². The quantitative estimate of drug-likeness (QED) is 0.588. The van der Waals surface area contributed by atoms with Crippen LogP contribution in [0, 0.1) is 13.8 Å². The Labute approximate surface area is 153 Å². The molecule has 2 rings (SSSR count). The molecule has 0 radical (unpaired) electrons. The maximum absolute atomic E-state index is 12.6. The van der Waals surface area contributed by atoms with Crippen LogP contribution in [-0.4, -0.2) is 37.2 Å². The highest BCUT2D eigenvalue weighted by molar-refractivity contribution is 6.06. The molecule has 6 nitrogen and oxygen atoms in total. The number of esters is 1. The monoisotopic (exact) mass is 384 g/mol. The fraction of sp³-hybridized carbons (Fsp3) is 0.333. The Morgan fingerprint density at radius 2 is 1.74 bits per heavy atom. The standard InChI is InChI=1S/C18H19F3N2O4/c1-10-14(17(25)27-9-8-26-3)11(2)22-15(10)16(24)23-13-6-4-12(5-7-13)18(19,20)21/h4-7,22H,8-9H2,1-3H3,(H,23,24). The summed E-state index contributed by atoms with van der Waals surface area (Å²) in [5.74, 6) is -1.17. The van der Waals surface area contributed by atoms with Gasteiger partial charge in [-0.2, -0.15) is 13.2 Å². The van der Waals surface area contributed by atoms with Crippen LogP contribution in [0.2, 0.25) is 0 Å². The SMILES string of the molecule is COCCOC(=O)c1c(C)[nH]c(C(=O)Nc2ccc(C(F)(F)F)cc2)c1C. The Balaban J connectivity index is 2.15. The van der Waals surface area contributed by atoms with Crippen molar-refractivity contribution < 1.29 is 32.2 Å². The first-order valence-corrected chi connectivity index (χ1v) is 7.99. The number of carbonyl (C=O) groups excluding carboxylic acids is 2. The smallest absolute Gasteiger partial charge is 0.416 e. The van der Waals surface area contributed by atoms with E-state index in [1.807, 2.05) is 0 Å². The molecule has 1 amide bonds. The van der Waals surface area contributed by atoms with E-state index in [0.29, 0.717) is 11.3 Å². The first kappa shape index (κ1) is 20.5. The zero-order chi connectivity index (χ0) is 20.2. The van der Waals surface area contributed by atoms with Gasteiger partial charge >= 0.3 is 12.1 Å². The van der Waals surface area contributed by atoms with Gasteiger partial charge in [0, 0.05) is 18.5 Å². The van der Waals surface area contributed by atoms with Crippen LogP contribution in [0.5, 0.6) is 0 Å². The van der Waals surface area contributed by atoms with Crippen LogP contribution < -0.4 is 5.32 Å². The molecule has 1 heterocycles. The van der Waals surface area contributed by atoms with E-state index in [1.165, 1.54) is 7.11 Å². The molecule has 27 heavy (non-hydrogen) atoms. The lowest BCUT2D eigenvalue weighted by Gasteiger charge is -2.09. The lowest BCUT2D eigenvalue weighted by molar-refractivity contribution is -0.137. The molecule has 0 aliphatic heterocycles. The topological polar surface area (TPSA) is 80.4 Å². The molecule has 0 atom stereocenters. The number of ether oxygens (including phenoxy) is 2. The number of halogens is 3. The molecule has 0 saturated carbocycles. The lowest BCUT2D eigenvalue weighted by atomic mass is 10.1. The minimum atomic E-state index is -4.45. The number of nitrogens with one attached hydrogen (secondary N) is 2. The summed E-state index contributed by atoms with van der Waals surface area (Å²) in [4.78, 5) is 27.4. The van der Waals surface area contributed by atoms with Gasteiger partial charge in [-0.25, -0.2) is 4.79 Å². The van der Waals surface area contributed by atoms with Crippen LogP contribution in [0.15, 0.2) is 24.3 Å². The summed E-state index contributed by atoms with van der Waals surface area (Å²) in [6.07, 6.45) is -4.45. The van der Waals surface area contributed by atoms with Crippen molar-refractivity contribution in [2.75, 3.05) is 25.6 Å². The Hall–Kier alpha value is -2.81. The highest BCUT2D eigenvalue weighted by atomic mass is 19.4. The number of amides is 1. The van der Waals surface area contributed by atoms with Crippen LogP contribution in [-0.2, 0) is 15.7 Å². The van der Waals surface area contributed by atoms with Crippen molar-refractivity contribution in [3.05, 3.63) is 52.3 Å². The van der Waals surface area contributed by atoms with Crippen LogP contribution >= 0.6 is 0 Å². The first-order chi connectivity index (χ1) is 12.6. The molecule has 1 aromatic carbocycles. The van der Waals surface area contributed by atoms with Crippen LogP contribution in [0.3, 0.4) is 0 Å². The van der Waals surface area contributed by atoms with Crippen molar-refractivity contribution in [3.63, 3.8) is 0 Å². The summed E-state index contributed by atoms with van der Waals surface area (Å²) < 4.78 is 47.6. The molecule has 0 fully saturated rings. The molecular weight excluding hydrogens is 365 g/mol. The number of aromatic amines is 1. The maximum Gasteiger partial charge on any atom is 0.416 e. The number of hydrogen-bond donors (Lipinski definition) is 2. The number of carbonyl (C=O) groups is 2. The van der Waals surface area contributed by atoms with Crippen molar-refractivity contribution in [2.24, 2.45) is 0 Å². The van der Waals surface area contributed by atoms with E-state index in [0.717, 1.165) is 24.3 Å². The van der Waals surface area contributed by atoms with Crippen molar-refractivity contribution in [1.29, 1.82) is 0 Å². The number of H-pyrrole nitrogens is 1. The zero-order valence-corrected chi connectivity index (χ0v) is 15.0. The molecule has 1 aromatic heterocycles. The molecule has 0 aliphatic rings. The van der Waals surface area contributed by atoms with Gasteiger partial charge in [0.15, 0.2) is 0 Å². The van der Waals surface area contributed by atoms with Crippen molar-refractivity contribution >= 4 is 17.6 Å². The third-order valence-corrected chi connectivity index (χ3v) is 3.86. The summed E-state index contributed by atoms with van der Waals surface area (Å²) in [7, 11) is 1.48. The fourth-order valence-electron chi connectivity index (χ4n) is 2.51. The highest BCUT2D eigenvalue weighted by Gasteiger charge is 2.30. The summed E-state index contributed by atoms with van der Waals surface area (Å²) in [5.41, 5.74) is 0.596. The largest absolute Gasteiger partial charge is 0.460 e. The number of methoxy groups -OCH3 is 1. The number of aryl methyl sites for hydroxylation is 1. The van der Waals surface area contributed by atoms with Crippen LogP contribution in [0.4, 0.5) is 18.9 Å². The third kappa shape index (κ3) is 4.88. The summed E-state index contributed by atoms with van der Waals surface area (Å²) in [5, 5.41) is 2.50. The van der Waals surface area contributed by atoms with E-state index < -0.39 is 23.6 Å². The van der Waals surface area contributed by atoms with Gasteiger partial charge in [0.25, 0.3) is 5.91 Å². The molecule has 0 spiro atoms. The molecule has 2 aromatic rings. The van der Waals surface area contributed by atoms with E-state index in [9.17, 15) is 22.8 Å². The second-order valence-electron chi connectivity index (χ2n) is 5.78. The van der Waals surface area contributed by atoms with Gasteiger partial charge < -0.3 is 19.8 Å². The normalized spacial score (nSPS) is 11.3. The second-order valence-corrected chi connectivity index (χ2v) is 5.78. The van der Waals surface area contributed by atoms with Crippen LogP contribution in [0.1, 0.15) is 37.7 Å². The predicted octanol–water partition coefficient (Wildman–Crippen LogP) is 3.71. The molecule has 0 bridgehead atoms. The van der Waals surface area contributed by atoms with E-state index >= 15 is 0 Å².